The van der Waals surface area contributed by atoms with E-state index in [0.29, 0.717) is 24.3 Å². The lowest BCUT2D eigenvalue weighted by molar-refractivity contribution is -0.230. The van der Waals surface area contributed by atoms with E-state index >= 15 is 0 Å². The summed E-state index contributed by atoms with van der Waals surface area (Å²) in [6.07, 6.45) is -2.29. The van der Waals surface area contributed by atoms with Gasteiger partial charge < -0.3 is 29.5 Å². The Morgan fingerprint density at radius 3 is 1.27 bits per heavy atom. The molecule has 0 aliphatic carbocycles. The fourth-order valence-electron chi connectivity index (χ4n) is 4.29. The number of rotatable bonds is 14. The average molecular weight is 459 g/mol. The lowest BCUT2D eigenvalue weighted by atomic mass is 9.81. The maximum Gasteiger partial charge on any atom is 0.186 e. The minimum Gasteiger partial charge on any atom is -0.384 e. The molecule has 2 aromatic carbocycles. The fourth-order valence-corrected chi connectivity index (χ4v) is 4.29. The van der Waals surface area contributed by atoms with E-state index in [2.05, 4.69) is 37.5 Å². The van der Waals surface area contributed by atoms with Crippen LogP contribution in [0.3, 0.4) is 0 Å². The quantitative estimate of drug-likeness (QED) is 0.410. The summed E-state index contributed by atoms with van der Waals surface area (Å²) in [7, 11) is 0. The second-order valence-electron chi connectivity index (χ2n) is 7.93. The zero-order valence-electron chi connectivity index (χ0n) is 21.1. The molecule has 0 heterocycles. The van der Waals surface area contributed by atoms with Gasteiger partial charge in [-0.2, -0.15) is 0 Å². The van der Waals surface area contributed by atoms with E-state index < -0.39 is 18.0 Å². The highest BCUT2D eigenvalue weighted by atomic mass is 16.7. The molecular weight excluding hydrogens is 416 g/mol. The van der Waals surface area contributed by atoms with Gasteiger partial charge >= 0.3 is 0 Å². The summed E-state index contributed by atoms with van der Waals surface area (Å²) in [5.74, 6) is 0. The van der Waals surface area contributed by atoms with Gasteiger partial charge in [0.25, 0.3) is 0 Å². The molecule has 0 saturated heterocycles. The Labute approximate surface area is 199 Å². The van der Waals surface area contributed by atoms with Crippen molar-refractivity contribution >= 4 is 11.4 Å². The summed E-state index contributed by atoms with van der Waals surface area (Å²) in [6.45, 7) is 16.4. The molecule has 6 heteroatoms. The Morgan fingerprint density at radius 2 is 1.00 bits per heavy atom. The maximum absolute atomic E-state index is 12.1. The van der Waals surface area contributed by atoms with Gasteiger partial charge in [0.05, 0.1) is 0 Å². The first-order chi connectivity index (χ1) is 15.9. The van der Waals surface area contributed by atoms with Crippen molar-refractivity contribution in [3.05, 3.63) is 59.7 Å². The van der Waals surface area contributed by atoms with Crippen molar-refractivity contribution in [2.75, 3.05) is 49.2 Å². The zero-order valence-corrected chi connectivity index (χ0v) is 21.1. The smallest absolute Gasteiger partial charge is 0.186 e. The molecule has 33 heavy (non-hydrogen) atoms. The topological polar surface area (TPSA) is 65.4 Å². The molecule has 6 nitrogen and oxygen atoms in total. The molecule has 1 unspecified atom stereocenters. The predicted molar refractivity (Wildman–Crippen MR) is 136 cm³/mol. The molecular formula is C27H42N2O4. The van der Waals surface area contributed by atoms with Gasteiger partial charge in [-0.25, -0.2) is 0 Å². The van der Waals surface area contributed by atoms with E-state index in [1.807, 2.05) is 62.4 Å². The Morgan fingerprint density at radius 1 is 0.667 bits per heavy atom. The zero-order chi connectivity index (χ0) is 24.4. The summed E-state index contributed by atoms with van der Waals surface area (Å²) < 4.78 is 11.4. The summed E-state index contributed by atoms with van der Waals surface area (Å²) in [4.78, 5) is 4.47. The first kappa shape index (κ1) is 27.1. The third-order valence-electron chi connectivity index (χ3n) is 6.22. The molecule has 0 saturated carbocycles. The first-order valence-corrected chi connectivity index (χ1v) is 12.3. The minimum atomic E-state index is -1.71. The van der Waals surface area contributed by atoms with Crippen molar-refractivity contribution < 1.29 is 19.7 Å². The standard InChI is InChI=1S/C27H42N2O4/c1-7-28(8-2)23-17-13-21(14-18-23)27(31,25(30)26(32-11-5)33-12-6)22-15-19-24(20-16-22)29(9-3)10-4/h13-20,25-26,30-31H,7-12H2,1-6H3. The molecule has 184 valence electrons. The Balaban J connectivity index is 2.56. The second-order valence-corrected chi connectivity index (χ2v) is 7.93. The van der Waals surface area contributed by atoms with Crippen LogP contribution in [0.4, 0.5) is 11.4 Å². The monoisotopic (exact) mass is 458 g/mol. The minimum absolute atomic E-state index is 0.361. The summed E-state index contributed by atoms with van der Waals surface area (Å²) in [5, 5.41) is 23.5. The summed E-state index contributed by atoms with van der Waals surface area (Å²) in [5.41, 5.74) is 1.61. The SMILES string of the molecule is CCOC(OCC)C(O)C(O)(c1ccc(N(CC)CC)cc1)c1ccc(N(CC)CC)cc1. The molecule has 2 N–H and O–H groups in total. The van der Waals surface area contributed by atoms with E-state index in [4.69, 9.17) is 9.47 Å². The Hall–Kier alpha value is -2.12. The van der Waals surface area contributed by atoms with E-state index in [1.165, 1.54) is 0 Å². The van der Waals surface area contributed by atoms with Gasteiger partial charge in [-0.3, -0.25) is 0 Å². The normalized spacial score (nSPS) is 12.8. The average Bonchev–Trinajstić information content (AvgIpc) is 2.85. The molecule has 0 amide bonds. The number of aliphatic hydroxyl groups is 2. The summed E-state index contributed by atoms with van der Waals surface area (Å²) >= 11 is 0. The first-order valence-electron chi connectivity index (χ1n) is 12.3. The van der Waals surface area contributed by atoms with Gasteiger partial charge in [-0.05, 0) is 76.9 Å². The Bertz CT molecular complexity index is 740. The third-order valence-corrected chi connectivity index (χ3v) is 6.22. The molecule has 0 radical (unpaired) electrons. The highest BCUT2D eigenvalue weighted by molar-refractivity contribution is 5.53. The highest BCUT2D eigenvalue weighted by Gasteiger charge is 2.44. The molecule has 2 aromatic rings. The molecule has 0 aliphatic heterocycles. The van der Waals surface area contributed by atoms with Crippen molar-refractivity contribution in [1.82, 2.24) is 0 Å². The summed E-state index contributed by atoms with van der Waals surface area (Å²) in [6, 6.07) is 15.5. The predicted octanol–water partition coefficient (Wildman–Crippen LogP) is 4.37. The van der Waals surface area contributed by atoms with Gasteiger partial charge in [-0.1, -0.05) is 24.3 Å². The van der Waals surface area contributed by atoms with Crippen molar-refractivity contribution in [3.63, 3.8) is 0 Å². The van der Waals surface area contributed by atoms with Gasteiger partial charge in [0, 0.05) is 50.8 Å². The van der Waals surface area contributed by atoms with Crippen molar-refractivity contribution in [3.8, 4) is 0 Å². The molecule has 0 bridgehead atoms. The van der Waals surface area contributed by atoms with Crippen LogP contribution in [0.5, 0.6) is 0 Å². The Kier molecular flexibility index (Phi) is 10.6. The van der Waals surface area contributed by atoms with Crippen LogP contribution in [0.15, 0.2) is 48.5 Å². The molecule has 0 spiro atoms. The van der Waals surface area contributed by atoms with Gasteiger partial charge in [0.2, 0.25) is 0 Å². The van der Waals surface area contributed by atoms with E-state index in [0.717, 1.165) is 37.6 Å². The van der Waals surface area contributed by atoms with Crippen molar-refractivity contribution in [2.24, 2.45) is 0 Å². The molecule has 0 aliphatic rings. The van der Waals surface area contributed by atoms with Crippen LogP contribution in [0.25, 0.3) is 0 Å². The lowest BCUT2D eigenvalue weighted by Gasteiger charge is -2.38. The number of aliphatic hydroxyl groups excluding tert-OH is 1. The fraction of sp³-hybridized carbons (Fsp3) is 0.556. The van der Waals surface area contributed by atoms with Crippen molar-refractivity contribution in [2.45, 2.75) is 59.5 Å². The van der Waals surface area contributed by atoms with E-state index in [-0.39, 0.29) is 0 Å². The molecule has 0 fully saturated rings. The number of anilines is 2. The van der Waals surface area contributed by atoms with Crippen LogP contribution in [0.2, 0.25) is 0 Å². The largest absolute Gasteiger partial charge is 0.384 e. The van der Waals surface area contributed by atoms with Gasteiger partial charge in [0.15, 0.2) is 6.29 Å². The van der Waals surface area contributed by atoms with E-state index in [1.54, 1.807) is 0 Å². The van der Waals surface area contributed by atoms with Crippen LogP contribution in [0, 0.1) is 0 Å². The number of hydrogen-bond acceptors (Lipinski definition) is 6. The molecule has 2 rings (SSSR count). The maximum atomic E-state index is 12.1. The van der Waals surface area contributed by atoms with Crippen LogP contribution >= 0.6 is 0 Å². The van der Waals surface area contributed by atoms with Crippen molar-refractivity contribution in [1.29, 1.82) is 0 Å². The number of hydrogen-bond donors (Lipinski definition) is 2. The second kappa shape index (κ2) is 12.9. The molecule has 1 atom stereocenters. The van der Waals surface area contributed by atoms with Crippen LogP contribution in [-0.2, 0) is 15.1 Å². The number of ether oxygens (including phenoxy) is 2. The van der Waals surface area contributed by atoms with Crippen LogP contribution in [-0.4, -0.2) is 62.0 Å². The van der Waals surface area contributed by atoms with Gasteiger partial charge in [0.1, 0.15) is 11.7 Å². The number of benzene rings is 2. The third kappa shape index (κ3) is 6.07. The highest BCUT2D eigenvalue weighted by Crippen LogP contribution is 2.37. The van der Waals surface area contributed by atoms with E-state index in [9.17, 15) is 10.2 Å². The number of nitrogens with zero attached hydrogens (tertiary/aromatic N) is 2. The lowest BCUT2D eigenvalue weighted by Crippen LogP contribution is -2.49. The van der Waals surface area contributed by atoms with Gasteiger partial charge in [-0.15, -0.1) is 0 Å². The van der Waals surface area contributed by atoms with Crippen LogP contribution < -0.4 is 9.80 Å². The molecule has 0 aromatic heterocycles. The van der Waals surface area contributed by atoms with Crippen LogP contribution in [0.1, 0.15) is 52.7 Å².